The highest BCUT2D eigenvalue weighted by molar-refractivity contribution is 14.1. The third kappa shape index (κ3) is 14.6. The predicted octanol–water partition coefficient (Wildman–Crippen LogP) is 6.76. The van der Waals surface area contributed by atoms with E-state index in [9.17, 15) is 0 Å². The number of phenolic OH excluding ortho intramolecular Hbond substituents is 1. The molecule has 0 spiro atoms. The van der Waals surface area contributed by atoms with Crippen LogP contribution in [0.25, 0.3) is 0 Å². The molecule has 0 aliphatic heterocycles. The fourth-order valence-electron chi connectivity index (χ4n) is 2.93. The number of aromatic hydroxyl groups is 1. The second-order valence-corrected chi connectivity index (χ2v) is 11.0. The monoisotopic (exact) mass is 718 g/mol. The van der Waals surface area contributed by atoms with Gasteiger partial charge in [-0.25, -0.2) is 0 Å². The van der Waals surface area contributed by atoms with Gasteiger partial charge in [0.25, 0.3) is 0 Å². The van der Waals surface area contributed by atoms with E-state index in [1.165, 1.54) is 22.8 Å². The van der Waals surface area contributed by atoms with Crippen LogP contribution in [0.2, 0.25) is 0 Å². The van der Waals surface area contributed by atoms with Crippen molar-refractivity contribution in [2.45, 2.75) is 49.8 Å². The number of alkyl halides is 1. The summed E-state index contributed by atoms with van der Waals surface area (Å²) in [5.74, 6) is 1.80. The lowest BCUT2D eigenvalue weighted by Crippen LogP contribution is -2.10. The molecule has 3 rings (SSSR count). The molecule has 31 heavy (non-hydrogen) atoms. The highest BCUT2D eigenvalue weighted by Gasteiger charge is 2.23. The van der Waals surface area contributed by atoms with Gasteiger partial charge in [-0.15, -0.1) is 0 Å². The van der Waals surface area contributed by atoms with Gasteiger partial charge >= 0.3 is 0 Å². The molecule has 0 amide bonds. The van der Waals surface area contributed by atoms with Crippen molar-refractivity contribution in [1.82, 2.24) is 0 Å². The Labute approximate surface area is 222 Å². The molecule has 7 heteroatoms. The first-order valence-electron chi connectivity index (χ1n) is 10.6. The predicted molar refractivity (Wildman–Crippen MR) is 148 cm³/mol. The van der Waals surface area contributed by atoms with Crippen LogP contribution in [0.5, 0.6) is 11.5 Å². The summed E-state index contributed by atoms with van der Waals surface area (Å²) in [5, 5.41) is 26.1. The molecule has 174 valence electrons. The van der Waals surface area contributed by atoms with Crippen LogP contribution in [0.1, 0.15) is 44.9 Å². The van der Waals surface area contributed by atoms with Crippen molar-refractivity contribution in [2.75, 3.05) is 19.8 Å². The number of hydrogen-bond acceptors (Lipinski definition) is 4. The quantitative estimate of drug-likeness (QED) is 0.160. The zero-order chi connectivity index (χ0) is 22.9. The molecule has 1 saturated carbocycles. The second kappa shape index (κ2) is 18.3. The maximum absolute atomic E-state index is 8.75. The van der Waals surface area contributed by atoms with Crippen LogP contribution in [-0.4, -0.2) is 40.0 Å². The SMILES string of the molecule is OCC1CCCC1Br.OCCCCCCOc1ccc(I)cc1.Oc1ccc(I)cc1. The molecule has 0 radical (unpaired) electrons. The first-order chi connectivity index (χ1) is 15.0. The van der Waals surface area contributed by atoms with Gasteiger partial charge in [0.15, 0.2) is 0 Å². The van der Waals surface area contributed by atoms with E-state index in [-0.39, 0.29) is 0 Å². The Hall–Kier alpha value is -0.100. The van der Waals surface area contributed by atoms with Crippen LogP contribution in [0.3, 0.4) is 0 Å². The molecule has 3 N–H and O–H groups in total. The average molecular weight is 719 g/mol. The van der Waals surface area contributed by atoms with E-state index in [0.717, 1.165) is 41.6 Å². The van der Waals surface area contributed by atoms with Crippen molar-refractivity contribution in [1.29, 1.82) is 0 Å². The molecule has 0 bridgehead atoms. The lowest BCUT2D eigenvalue weighted by Gasteiger charge is -2.07. The van der Waals surface area contributed by atoms with Gasteiger partial charge in [0, 0.05) is 25.2 Å². The minimum Gasteiger partial charge on any atom is -0.508 e. The zero-order valence-electron chi connectivity index (χ0n) is 17.7. The molecule has 2 aromatic rings. The maximum atomic E-state index is 8.75. The Bertz CT molecular complexity index is 662. The summed E-state index contributed by atoms with van der Waals surface area (Å²) in [5.41, 5.74) is 0. The number of ether oxygens (including phenoxy) is 1. The molecule has 0 heterocycles. The molecule has 2 unspecified atom stereocenters. The lowest BCUT2D eigenvalue weighted by atomic mass is 10.1. The summed E-state index contributed by atoms with van der Waals surface area (Å²) in [7, 11) is 0. The van der Waals surface area contributed by atoms with Crippen LogP contribution in [0.4, 0.5) is 0 Å². The van der Waals surface area contributed by atoms with Crippen LogP contribution in [0, 0.1) is 13.1 Å². The van der Waals surface area contributed by atoms with E-state index in [1.807, 2.05) is 36.4 Å². The van der Waals surface area contributed by atoms with Gasteiger partial charge in [-0.3, -0.25) is 0 Å². The number of phenols is 1. The van der Waals surface area contributed by atoms with Crippen LogP contribution in [-0.2, 0) is 0 Å². The van der Waals surface area contributed by atoms with Gasteiger partial charge in [0.2, 0.25) is 0 Å². The number of hydrogen-bond donors (Lipinski definition) is 3. The second-order valence-electron chi connectivity index (χ2n) is 7.31. The van der Waals surface area contributed by atoms with E-state index in [4.69, 9.17) is 20.1 Å². The molecule has 1 aliphatic rings. The topological polar surface area (TPSA) is 69.9 Å². The summed E-state index contributed by atoms with van der Waals surface area (Å²) in [6, 6.07) is 15.1. The van der Waals surface area contributed by atoms with Gasteiger partial charge in [0.05, 0.1) is 6.61 Å². The standard InChI is InChI=1S/C12H17IO2.C6H11BrO.C6H5IO/c13-11-5-7-12(8-6-11)15-10-4-2-1-3-9-14;7-6-3-1-2-5(6)4-8;7-5-1-3-6(8)4-2-5/h5-8,14H,1-4,9-10H2;5-6,8H,1-4H2;1-4,8H. The number of rotatable bonds is 8. The van der Waals surface area contributed by atoms with Gasteiger partial charge in [0.1, 0.15) is 11.5 Å². The number of unbranched alkanes of at least 4 members (excludes halogenated alkanes) is 3. The summed E-state index contributed by atoms with van der Waals surface area (Å²) in [6.07, 6.45) is 7.91. The highest BCUT2D eigenvalue weighted by Crippen LogP contribution is 2.30. The summed E-state index contributed by atoms with van der Waals surface area (Å²) in [6.45, 7) is 1.43. The molecular formula is C24H33BrI2O4. The first kappa shape index (κ1) is 28.9. The van der Waals surface area contributed by atoms with Gasteiger partial charge < -0.3 is 20.1 Å². The van der Waals surface area contributed by atoms with Gasteiger partial charge in [-0.05, 0) is 132 Å². The van der Waals surface area contributed by atoms with Gasteiger partial charge in [-0.2, -0.15) is 0 Å². The Morgan fingerprint density at radius 1 is 0.839 bits per heavy atom. The summed E-state index contributed by atoms with van der Waals surface area (Å²) >= 11 is 7.97. The zero-order valence-corrected chi connectivity index (χ0v) is 23.6. The summed E-state index contributed by atoms with van der Waals surface area (Å²) in [4.78, 5) is 0.590. The number of aliphatic hydroxyl groups excluding tert-OH is 2. The van der Waals surface area contributed by atoms with Crippen molar-refractivity contribution in [3.05, 3.63) is 55.7 Å². The average Bonchev–Trinajstić information content (AvgIpc) is 3.20. The third-order valence-corrected chi connectivity index (χ3v) is 7.41. The van der Waals surface area contributed by atoms with E-state index in [1.54, 1.807) is 12.1 Å². The van der Waals surface area contributed by atoms with Crippen molar-refractivity contribution < 1.29 is 20.1 Å². The van der Waals surface area contributed by atoms with E-state index >= 15 is 0 Å². The minimum atomic E-state index is 0.304. The molecule has 2 aromatic carbocycles. The smallest absolute Gasteiger partial charge is 0.119 e. The van der Waals surface area contributed by atoms with E-state index in [2.05, 4.69) is 61.1 Å². The van der Waals surface area contributed by atoms with Crippen LogP contribution < -0.4 is 4.74 Å². The molecule has 4 nitrogen and oxygen atoms in total. The number of benzene rings is 2. The number of halogens is 3. The first-order valence-corrected chi connectivity index (χ1v) is 13.7. The Morgan fingerprint density at radius 3 is 1.87 bits per heavy atom. The molecule has 0 saturated heterocycles. The van der Waals surface area contributed by atoms with Crippen LogP contribution >= 0.6 is 61.1 Å². The minimum absolute atomic E-state index is 0.304. The fourth-order valence-corrected chi connectivity index (χ4v) is 4.40. The van der Waals surface area contributed by atoms with Crippen molar-refractivity contribution in [2.24, 2.45) is 5.92 Å². The van der Waals surface area contributed by atoms with E-state index < -0.39 is 0 Å². The molecule has 2 atom stereocenters. The number of aliphatic hydroxyl groups is 2. The Kier molecular flexibility index (Phi) is 17.1. The normalized spacial score (nSPS) is 17.2. The molecular weight excluding hydrogens is 686 g/mol. The van der Waals surface area contributed by atoms with Crippen molar-refractivity contribution in [3.8, 4) is 11.5 Å². The molecule has 1 aliphatic carbocycles. The maximum Gasteiger partial charge on any atom is 0.119 e. The van der Waals surface area contributed by atoms with Crippen molar-refractivity contribution in [3.63, 3.8) is 0 Å². The highest BCUT2D eigenvalue weighted by atomic mass is 127. The lowest BCUT2D eigenvalue weighted by molar-refractivity contribution is 0.234. The fraction of sp³-hybridized carbons (Fsp3) is 0.500. The summed E-state index contributed by atoms with van der Waals surface area (Å²) < 4.78 is 7.94. The van der Waals surface area contributed by atoms with Crippen LogP contribution in [0.15, 0.2) is 48.5 Å². The van der Waals surface area contributed by atoms with Crippen molar-refractivity contribution >= 4 is 61.1 Å². The van der Waals surface area contributed by atoms with Gasteiger partial charge in [-0.1, -0.05) is 28.8 Å². The molecule has 1 fully saturated rings. The Balaban J connectivity index is 0.000000253. The molecule has 0 aromatic heterocycles. The largest absolute Gasteiger partial charge is 0.508 e. The van der Waals surface area contributed by atoms with E-state index in [0.29, 0.717) is 29.7 Å². The third-order valence-electron chi connectivity index (χ3n) is 4.76. The Morgan fingerprint density at radius 2 is 1.42 bits per heavy atom.